The van der Waals surface area contributed by atoms with E-state index in [9.17, 15) is 40.2 Å². The summed E-state index contributed by atoms with van der Waals surface area (Å²) < 4.78 is 11.5. The molecule has 0 aliphatic carbocycles. The predicted molar refractivity (Wildman–Crippen MR) is 124 cm³/mol. The number of benzene rings is 1. The molecule has 2 heterocycles. The summed E-state index contributed by atoms with van der Waals surface area (Å²) in [5.41, 5.74) is 5.47. The standard InChI is InChI=1S/C23H30N2O10/c1-9-5-13(27)17(22-20(31)19(30)18(29)15(8-26)35-22)21-16(9)14(28)7-11(34-21)6-10(2)25-12(3-4-24)23(32)33/h5,7,12,15,18-20,22,26-27,29-31H,3-4,6,8,24H2,1-2H3,(H,32,33)/b25-10+. The molecule has 1 fully saturated rings. The molecule has 0 spiro atoms. The third-order valence-corrected chi connectivity index (χ3v) is 5.98. The van der Waals surface area contributed by atoms with Crippen molar-refractivity contribution in [3.05, 3.63) is 39.2 Å². The lowest BCUT2D eigenvalue weighted by Crippen LogP contribution is -2.55. The normalized spacial score (nSPS) is 26.1. The van der Waals surface area contributed by atoms with Gasteiger partial charge in [-0.3, -0.25) is 9.79 Å². The second-order valence-corrected chi connectivity index (χ2v) is 8.63. The monoisotopic (exact) mass is 494 g/mol. The number of carboxylic acids is 1. The first-order chi connectivity index (χ1) is 16.5. The number of carboxylic acid groups (broad SMARTS) is 1. The maximum absolute atomic E-state index is 13.0. The number of aliphatic hydroxyl groups is 4. The number of aliphatic imine (C=N–C) groups is 1. The number of nitrogens with two attached hydrogens (primary N) is 1. The van der Waals surface area contributed by atoms with Crippen molar-refractivity contribution in [3.8, 4) is 5.75 Å². The van der Waals surface area contributed by atoms with Gasteiger partial charge in [0.25, 0.3) is 0 Å². The second-order valence-electron chi connectivity index (χ2n) is 8.63. The van der Waals surface area contributed by atoms with Crippen molar-refractivity contribution >= 4 is 22.7 Å². The number of hydrogen-bond acceptors (Lipinski definition) is 11. The number of fused-ring (bicyclic) bond motifs is 1. The molecule has 1 saturated heterocycles. The van der Waals surface area contributed by atoms with E-state index in [4.69, 9.17) is 14.9 Å². The van der Waals surface area contributed by atoms with Crippen molar-refractivity contribution in [2.45, 2.75) is 63.3 Å². The summed E-state index contributed by atoms with van der Waals surface area (Å²) >= 11 is 0. The molecule has 1 aliphatic heterocycles. The highest BCUT2D eigenvalue weighted by molar-refractivity contribution is 5.89. The highest BCUT2D eigenvalue weighted by Gasteiger charge is 2.46. The Morgan fingerprint density at radius 2 is 1.89 bits per heavy atom. The number of aryl methyl sites for hydroxylation is 1. The molecular weight excluding hydrogens is 464 g/mol. The van der Waals surface area contributed by atoms with Gasteiger partial charge in [0.15, 0.2) is 5.43 Å². The van der Waals surface area contributed by atoms with E-state index in [1.54, 1.807) is 13.8 Å². The molecule has 1 aliphatic rings. The quantitative estimate of drug-likeness (QED) is 0.224. The smallest absolute Gasteiger partial charge is 0.328 e. The lowest BCUT2D eigenvalue weighted by Gasteiger charge is -2.40. The number of carbonyl (C=O) groups is 1. The molecule has 192 valence electrons. The number of aliphatic carboxylic acids is 1. The zero-order valence-electron chi connectivity index (χ0n) is 19.3. The Morgan fingerprint density at radius 3 is 2.49 bits per heavy atom. The van der Waals surface area contributed by atoms with Crippen molar-refractivity contribution in [1.29, 1.82) is 0 Å². The van der Waals surface area contributed by atoms with Crippen LogP contribution in [0.2, 0.25) is 0 Å². The molecule has 0 saturated carbocycles. The SMILES string of the molecule is C/C(Cc1cc(=O)c2c(C)cc(O)c(C3OC(CO)C(O)C(O)C3O)c2o1)=N\C(CCN)C(=O)O. The van der Waals surface area contributed by atoms with E-state index >= 15 is 0 Å². The highest BCUT2D eigenvalue weighted by Crippen LogP contribution is 2.41. The van der Waals surface area contributed by atoms with Crippen LogP contribution in [0.15, 0.2) is 26.3 Å². The van der Waals surface area contributed by atoms with Gasteiger partial charge in [-0.05, 0) is 38.4 Å². The van der Waals surface area contributed by atoms with Gasteiger partial charge in [-0.15, -0.1) is 0 Å². The number of aliphatic hydroxyl groups excluding tert-OH is 4. The van der Waals surface area contributed by atoms with Gasteiger partial charge < -0.3 is 45.5 Å². The van der Waals surface area contributed by atoms with Crippen LogP contribution in [0, 0.1) is 6.92 Å². The number of phenols is 1. The van der Waals surface area contributed by atoms with E-state index in [-0.39, 0.29) is 47.4 Å². The molecule has 0 radical (unpaired) electrons. The first-order valence-corrected chi connectivity index (χ1v) is 11.1. The fraction of sp³-hybridized carbons (Fsp3) is 0.522. The van der Waals surface area contributed by atoms with Crippen LogP contribution >= 0.6 is 0 Å². The molecule has 8 N–H and O–H groups in total. The van der Waals surface area contributed by atoms with Crippen LogP contribution in [-0.4, -0.2) is 85.9 Å². The van der Waals surface area contributed by atoms with Crippen LogP contribution in [0.5, 0.6) is 5.75 Å². The summed E-state index contributed by atoms with van der Waals surface area (Å²) in [5, 5.41) is 60.5. The Labute approximate surface area is 199 Å². The lowest BCUT2D eigenvalue weighted by molar-refractivity contribution is -0.231. The Morgan fingerprint density at radius 1 is 1.20 bits per heavy atom. The van der Waals surface area contributed by atoms with Crippen LogP contribution in [0.25, 0.3) is 11.0 Å². The molecule has 1 aromatic heterocycles. The number of hydrogen-bond donors (Lipinski definition) is 7. The van der Waals surface area contributed by atoms with Crippen LogP contribution < -0.4 is 11.2 Å². The second kappa shape index (κ2) is 10.8. The minimum atomic E-state index is -1.71. The maximum Gasteiger partial charge on any atom is 0.328 e. The van der Waals surface area contributed by atoms with Gasteiger partial charge in [-0.2, -0.15) is 0 Å². The Hall–Kier alpha value is -2.87. The number of nitrogens with zero attached hydrogens (tertiary/aromatic N) is 1. The van der Waals surface area contributed by atoms with Crippen molar-refractivity contribution in [2.75, 3.05) is 13.2 Å². The first kappa shape index (κ1) is 26.7. The topological polar surface area (TPSA) is 216 Å². The van der Waals surface area contributed by atoms with Gasteiger partial charge in [0.1, 0.15) is 53.7 Å². The number of ether oxygens (including phenoxy) is 1. The van der Waals surface area contributed by atoms with Crippen LogP contribution in [0.4, 0.5) is 0 Å². The largest absolute Gasteiger partial charge is 0.507 e. The maximum atomic E-state index is 13.0. The van der Waals surface area contributed by atoms with E-state index in [1.807, 2.05) is 0 Å². The summed E-state index contributed by atoms with van der Waals surface area (Å²) in [6, 6.07) is 1.46. The van der Waals surface area contributed by atoms with Gasteiger partial charge in [0.2, 0.25) is 0 Å². The zero-order valence-corrected chi connectivity index (χ0v) is 19.3. The zero-order chi connectivity index (χ0) is 26.0. The number of aromatic hydroxyl groups is 1. The molecule has 6 unspecified atom stereocenters. The molecular formula is C23H30N2O10. The third kappa shape index (κ3) is 5.37. The number of phenolic OH excluding ortho intramolecular Hbond substituents is 1. The third-order valence-electron chi connectivity index (χ3n) is 5.98. The fourth-order valence-corrected chi connectivity index (χ4v) is 4.24. The van der Waals surface area contributed by atoms with E-state index in [0.29, 0.717) is 11.3 Å². The van der Waals surface area contributed by atoms with Crippen molar-refractivity contribution in [2.24, 2.45) is 10.7 Å². The molecule has 12 nitrogen and oxygen atoms in total. The summed E-state index contributed by atoms with van der Waals surface area (Å²) in [5.74, 6) is -1.42. The van der Waals surface area contributed by atoms with Crippen molar-refractivity contribution in [1.82, 2.24) is 0 Å². The minimum Gasteiger partial charge on any atom is -0.507 e. The lowest BCUT2D eigenvalue weighted by atomic mass is 9.89. The Balaban J connectivity index is 2.13. The van der Waals surface area contributed by atoms with E-state index < -0.39 is 54.6 Å². The first-order valence-electron chi connectivity index (χ1n) is 11.1. The van der Waals surface area contributed by atoms with Gasteiger partial charge in [0.05, 0.1) is 17.6 Å². The molecule has 6 atom stereocenters. The van der Waals surface area contributed by atoms with Crippen LogP contribution in [0.1, 0.15) is 36.3 Å². The van der Waals surface area contributed by atoms with Gasteiger partial charge in [-0.25, -0.2) is 4.79 Å². The summed E-state index contributed by atoms with van der Waals surface area (Å²) in [6.07, 6.45) is -7.61. The van der Waals surface area contributed by atoms with Gasteiger partial charge in [0, 0.05) is 18.2 Å². The summed E-state index contributed by atoms with van der Waals surface area (Å²) in [7, 11) is 0. The molecule has 2 aromatic rings. The van der Waals surface area contributed by atoms with Crippen molar-refractivity contribution < 1.29 is 44.6 Å². The average Bonchev–Trinajstić information content (AvgIpc) is 2.78. The molecule has 0 bridgehead atoms. The molecule has 35 heavy (non-hydrogen) atoms. The Kier molecular flexibility index (Phi) is 8.26. The van der Waals surface area contributed by atoms with Crippen LogP contribution in [-0.2, 0) is 16.0 Å². The molecule has 1 aromatic carbocycles. The molecule has 3 rings (SSSR count). The van der Waals surface area contributed by atoms with Crippen molar-refractivity contribution in [3.63, 3.8) is 0 Å². The van der Waals surface area contributed by atoms with Gasteiger partial charge in [-0.1, -0.05) is 0 Å². The van der Waals surface area contributed by atoms with Crippen LogP contribution in [0.3, 0.4) is 0 Å². The Bertz CT molecular complexity index is 1180. The predicted octanol–water partition coefficient (Wildman–Crippen LogP) is -0.873. The van der Waals surface area contributed by atoms with E-state index in [2.05, 4.69) is 4.99 Å². The van der Waals surface area contributed by atoms with Gasteiger partial charge >= 0.3 is 5.97 Å². The fourth-order valence-electron chi connectivity index (χ4n) is 4.24. The minimum absolute atomic E-state index is 0.0254. The highest BCUT2D eigenvalue weighted by atomic mass is 16.5. The summed E-state index contributed by atoms with van der Waals surface area (Å²) in [4.78, 5) is 28.5. The molecule has 12 heteroatoms. The summed E-state index contributed by atoms with van der Waals surface area (Å²) in [6.45, 7) is 2.60. The van der Waals surface area contributed by atoms with E-state index in [0.717, 1.165) is 0 Å². The average molecular weight is 494 g/mol. The van der Waals surface area contributed by atoms with E-state index in [1.165, 1.54) is 12.1 Å². The number of rotatable bonds is 8. The molecule has 0 amide bonds.